The third-order valence-electron chi connectivity index (χ3n) is 2.32. The summed E-state index contributed by atoms with van der Waals surface area (Å²) in [5.74, 6) is -0.220. The SMILES string of the molecule is CC(C)CCOC(=O)c1cccc([N+](=O)[O-])c1Cl. The van der Waals surface area contributed by atoms with Crippen LogP contribution in [0.25, 0.3) is 0 Å². The predicted molar refractivity (Wildman–Crippen MR) is 67.8 cm³/mol. The summed E-state index contributed by atoms with van der Waals surface area (Å²) in [5, 5.41) is 10.5. The van der Waals surface area contributed by atoms with E-state index in [4.69, 9.17) is 16.3 Å². The highest BCUT2D eigenvalue weighted by molar-refractivity contribution is 6.35. The van der Waals surface area contributed by atoms with Crippen LogP contribution in [0.2, 0.25) is 5.02 Å². The van der Waals surface area contributed by atoms with Crippen molar-refractivity contribution in [3.05, 3.63) is 38.9 Å². The number of halogens is 1. The molecule has 5 nitrogen and oxygen atoms in total. The van der Waals surface area contributed by atoms with Crippen LogP contribution in [0.3, 0.4) is 0 Å². The molecule has 0 aliphatic carbocycles. The van der Waals surface area contributed by atoms with Gasteiger partial charge >= 0.3 is 5.97 Å². The Morgan fingerprint density at radius 1 is 1.50 bits per heavy atom. The van der Waals surface area contributed by atoms with Crippen LogP contribution in [0.15, 0.2) is 18.2 Å². The van der Waals surface area contributed by atoms with Gasteiger partial charge in [0.1, 0.15) is 5.02 Å². The van der Waals surface area contributed by atoms with Gasteiger partial charge in [0.2, 0.25) is 0 Å². The molecule has 0 amide bonds. The second-order valence-corrected chi connectivity index (χ2v) is 4.59. The summed E-state index contributed by atoms with van der Waals surface area (Å²) in [7, 11) is 0. The number of ether oxygens (including phenoxy) is 1. The number of benzene rings is 1. The molecule has 0 aromatic heterocycles. The summed E-state index contributed by atoms with van der Waals surface area (Å²) in [6.45, 7) is 4.29. The largest absolute Gasteiger partial charge is 0.462 e. The average Bonchev–Trinajstić information content (AvgIpc) is 2.28. The molecule has 0 radical (unpaired) electrons. The summed E-state index contributed by atoms with van der Waals surface area (Å²) >= 11 is 5.80. The fourth-order valence-corrected chi connectivity index (χ4v) is 1.56. The van der Waals surface area contributed by atoms with E-state index in [2.05, 4.69) is 0 Å². The van der Waals surface area contributed by atoms with E-state index in [9.17, 15) is 14.9 Å². The van der Waals surface area contributed by atoms with E-state index in [-0.39, 0.29) is 22.9 Å². The van der Waals surface area contributed by atoms with Crippen LogP contribution in [-0.4, -0.2) is 17.5 Å². The van der Waals surface area contributed by atoms with Crippen LogP contribution >= 0.6 is 11.6 Å². The van der Waals surface area contributed by atoms with E-state index in [0.29, 0.717) is 5.92 Å². The minimum Gasteiger partial charge on any atom is -0.462 e. The van der Waals surface area contributed by atoms with Crippen LogP contribution in [0.4, 0.5) is 5.69 Å². The van der Waals surface area contributed by atoms with Gasteiger partial charge < -0.3 is 4.74 Å². The minimum atomic E-state index is -0.635. The van der Waals surface area contributed by atoms with Gasteiger partial charge in [0.15, 0.2) is 0 Å². The lowest BCUT2D eigenvalue weighted by molar-refractivity contribution is -0.384. The molecule has 1 rings (SSSR count). The molecular weight excluding hydrogens is 258 g/mol. The fraction of sp³-hybridized carbons (Fsp3) is 0.417. The first-order valence-corrected chi connectivity index (χ1v) is 5.91. The van der Waals surface area contributed by atoms with Gasteiger partial charge in [-0.05, 0) is 18.4 Å². The smallest absolute Gasteiger partial charge is 0.339 e. The van der Waals surface area contributed by atoms with E-state index in [1.165, 1.54) is 18.2 Å². The molecule has 0 saturated heterocycles. The molecule has 0 aliphatic rings. The zero-order chi connectivity index (χ0) is 13.7. The van der Waals surface area contributed by atoms with E-state index < -0.39 is 10.9 Å². The van der Waals surface area contributed by atoms with Crippen molar-refractivity contribution >= 4 is 23.3 Å². The lowest BCUT2D eigenvalue weighted by atomic mass is 10.1. The van der Waals surface area contributed by atoms with Crippen molar-refractivity contribution in [2.75, 3.05) is 6.61 Å². The van der Waals surface area contributed by atoms with Gasteiger partial charge in [0, 0.05) is 6.07 Å². The van der Waals surface area contributed by atoms with Gasteiger partial charge in [-0.15, -0.1) is 0 Å². The van der Waals surface area contributed by atoms with Crippen molar-refractivity contribution in [2.45, 2.75) is 20.3 Å². The third kappa shape index (κ3) is 3.70. The van der Waals surface area contributed by atoms with Gasteiger partial charge in [0.05, 0.1) is 17.1 Å². The van der Waals surface area contributed by atoms with Gasteiger partial charge in [-0.3, -0.25) is 10.1 Å². The van der Waals surface area contributed by atoms with Crippen LogP contribution in [0.5, 0.6) is 0 Å². The van der Waals surface area contributed by atoms with Crippen molar-refractivity contribution in [3.63, 3.8) is 0 Å². The highest BCUT2D eigenvalue weighted by Gasteiger charge is 2.20. The molecule has 1 aromatic rings. The molecule has 18 heavy (non-hydrogen) atoms. The second kappa shape index (κ2) is 6.35. The first-order valence-electron chi connectivity index (χ1n) is 5.53. The highest BCUT2D eigenvalue weighted by atomic mass is 35.5. The minimum absolute atomic E-state index is 0.0228. The van der Waals surface area contributed by atoms with E-state index >= 15 is 0 Å². The predicted octanol–water partition coefficient (Wildman–Crippen LogP) is 3.45. The number of hydrogen-bond acceptors (Lipinski definition) is 4. The molecule has 0 fully saturated rings. The molecule has 98 valence electrons. The van der Waals surface area contributed by atoms with Crippen LogP contribution in [0.1, 0.15) is 30.6 Å². The quantitative estimate of drug-likeness (QED) is 0.467. The van der Waals surface area contributed by atoms with Gasteiger partial charge in [-0.2, -0.15) is 0 Å². The van der Waals surface area contributed by atoms with Crippen molar-refractivity contribution in [3.8, 4) is 0 Å². The summed E-state index contributed by atoms with van der Waals surface area (Å²) in [6.07, 6.45) is 0.734. The zero-order valence-corrected chi connectivity index (χ0v) is 10.9. The lowest BCUT2D eigenvalue weighted by Crippen LogP contribution is -2.09. The fourth-order valence-electron chi connectivity index (χ4n) is 1.28. The van der Waals surface area contributed by atoms with Crippen molar-refractivity contribution < 1.29 is 14.5 Å². The number of rotatable bonds is 5. The first kappa shape index (κ1) is 14.4. The number of carbonyl (C=O) groups excluding carboxylic acids is 1. The summed E-state index contributed by atoms with van der Waals surface area (Å²) in [5.41, 5.74) is -0.274. The normalized spacial score (nSPS) is 10.4. The molecule has 0 atom stereocenters. The standard InChI is InChI=1S/C12H14ClNO4/c1-8(2)6-7-18-12(15)9-4-3-5-10(11(9)13)14(16)17/h3-5,8H,6-7H2,1-2H3. The number of nitro groups is 1. The molecule has 0 saturated carbocycles. The van der Waals surface area contributed by atoms with E-state index in [1.54, 1.807) is 0 Å². The highest BCUT2D eigenvalue weighted by Crippen LogP contribution is 2.28. The Hall–Kier alpha value is -1.62. The maximum atomic E-state index is 11.7. The summed E-state index contributed by atoms with van der Waals surface area (Å²) < 4.78 is 5.01. The Kier molecular flexibility index (Phi) is 5.09. The average molecular weight is 272 g/mol. The molecule has 6 heteroatoms. The maximum absolute atomic E-state index is 11.7. The Morgan fingerprint density at radius 3 is 2.72 bits per heavy atom. The zero-order valence-electron chi connectivity index (χ0n) is 10.2. The van der Waals surface area contributed by atoms with Crippen LogP contribution in [0, 0.1) is 16.0 Å². The van der Waals surface area contributed by atoms with Gasteiger partial charge in [0.25, 0.3) is 5.69 Å². The first-order chi connectivity index (χ1) is 8.43. The number of nitro benzene ring substituents is 1. The summed E-state index contributed by atoms with van der Waals surface area (Å²) in [6, 6.07) is 4.06. The van der Waals surface area contributed by atoms with Crippen molar-refractivity contribution in [1.29, 1.82) is 0 Å². The third-order valence-corrected chi connectivity index (χ3v) is 2.72. The Labute approximate surface area is 110 Å². The molecule has 0 N–H and O–H groups in total. The van der Waals surface area contributed by atoms with Crippen LogP contribution in [-0.2, 0) is 4.74 Å². The van der Waals surface area contributed by atoms with E-state index in [0.717, 1.165) is 6.42 Å². The molecule has 0 bridgehead atoms. The van der Waals surface area contributed by atoms with Crippen molar-refractivity contribution in [2.24, 2.45) is 5.92 Å². The summed E-state index contributed by atoms with van der Waals surface area (Å²) in [4.78, 5) is 21.7. The number of nitrogens with zero attached hydrogens (tertiary/aromatic N) is 1. The Balaban J connectivity index is 2.80. The Morgan fingerprint density at radius 2 is 2.17 bits per heavy atom. The van der Waals surface area contributed by atoms with Crippen molar-refractivity contribution in [1.82, 2.24) is 0 Å². The van der Waals surface area contributed by atoms with Crippen LogP contribution < -0.4 is 0 Å². The second-order valence-electron chi connectivity index (χ2n) is 4.21. The van der Waals surface area contributed by atoms with E-state index in [1.807, 2.05) is 13.8 Å². The molecule has 0 heterocycles. The van der Waals surface area contributed by atoms with Gasteiger partial charge in [-0.1, -0.05) is 31.5 Å². The number of hydrogen-bond donors (Lipinski definition) is 0. The lowest BCUT2D eigenvalue weighted by Gasteiger charge is -2.07. The maximum Gasteiger partial charge on any atom is 0.339 e. The molecule has 0 aliphatic heterocycles. The molecule has 0 unspecified atom stereocenters. The molecule has 1 aromatic carbocycles. The Bertz CT molecular complexity index is 459. The number of esters is 1. The molecule has 0 spiro atoms. The number of carbonyl (C=O) groups is 1. The van der Waals surface area contributed by atoms with Gasteiger partial charge in [-0.25, -0.2) is 4.79 Å². The molecular formula is C12H14ClNO4. The topological polar surface area (TPSA) is 69.4 Å². The monoisotopic (exact) mass is 271 g/mol.